The first kappa shape index (κ1) is 9.81. The fourth-order valence-corrected chi connectivity index (χ4v) is 1.02. The summed E-state index contributed by atoms with van der Waals surface area (Å²) in [5.41, 5.74) is 2.35. The molecule has 0 bridgehead atoms. The van der Waals surface area contributed by atoms with Gasteiger partial charge in [-0.25, -0.2) is 0 Å². The summed E-state index contributed by atoms with van der Waals surface area (Å²) in [5, 5.41) is 8.46. The van der Waals surface area contributed by atoms with Crippen molar-refractivity contribution < 1.29 is 9.84 Å². The van der Waals surface area contributed by atoms with Gasteiger partial charge in [0.15, 0.2) is 0 Å². The Balaban J connectivity index is 2.53. The number of aliphatic hydroxyl groups is 1. The summed E-state index contributed by atoms with van der Waals surface area (Å²) in [4.78, 5) is 0. The highest BCUT2D eigenvalue weighted by Gasteiger charge is 1.89. The Morgan fingerprint density at radius 2 is 2.15 bits per heavy atom. The molecule has 1 aromatic rings. The maximum atomic E-state index is 8.46. The summed E-state index contributed by atoms with van der Waals surface area (Å²) < 4.78 is 5.01. The van der Waals surface area contributed by atoms with Gasteiger partial charge < -0.3 is 9.84 Å². The smallest absolute Gasteiger partial charge is 0.110 e. The van der Waals surface area contributed by atoms with Crippen molar-refractivity contribution in [1.29, 1.82) is 0 Å². The van der Waals surface area contributed by atoms with Crippen molar-refractivity contribution in [2.75, 3.05) is 13.2 Å². The second-order valence-electron chi connectivity index (χ2n) is 2.75. The standard InChI is InChI=1S/C11H14O2/c1-10-4-2-3-5-11(10)6-8-13-9-7-12/h2-6,8,12H,7,9H2,1H3. The zero-order valence-electron chi connectivity index (χ0n) is 7.73. The Morgan fingerprint density at radius 1 is 1.38 bits per heavy atom. The predicted molar refractivity (Wildman–Crippen MR) is 53.3 cm³/mol. The molecule has 0 aromatic heterocycles. The fourth-order valence-electron chi connectivity index (χ4n) is 1.02. The maximum Gasteiger partial charge on any atom is 0.110 e. The van der Waals surface area contributed by atoms with E-state index >= 15 is 0 Å². The third-order valence-corrected chi connectivity index (χ3v) is 1.74. The molecular formula is C11H14O2. The first-order valence-corrected chi connectivity index (χ1v) is 4.29. The van der Waals surface area contributed by atoms with Crippen LogP contribution < -0.4 is 0 Å². The number of aliphatic hydroxyl groups excluding tert-OH is 1. The van der Waals surface area contributed by atoms with Crippen molar-refractivity contribution in [3.05, 3.63) is 41.7 Å². The van der Waals surface area contributed by atoms with Gasteiger partial charge in [0.05, 0.1) is 12.9 Å². The number of hydrogen-bond acceptors (Lipinski definition) is 2. The molecule has 0 unspecified atom stereocenters. The predicted octanol–water partition coefficient (Wildman–Crippen LogP) is 1.97. The first-order valence-electron chi connectivity index (χ1n) is 4.29. The Kier molecular flexibility index (Phi) is 4.06. The van der Waals surface area contributed by atoms with Crippen LogP contribution in [0.4, 0.5) is 0 Å². The number of ether oxygens (including phenoxy) is 1. The fraction of sp³-hybridized carbons (Fsp3) is 0.273. The number of benzene rings is 1. The first-order chi connectivity index (χ1) is 6.34. The van der Waals surface area contributed by atoms with Crippen LogP contribution >= 0.6 is 0 Å². The van der Waals surface area contributed by atoms with Crippen molar-refractivity contribution in [2.45, 2.75) is 6.92 Å². The lowest BCUT2D eigenvalue weighted by Gasteiger charge is -1.99. The van der Waals surface area contributed by atoms with Crippen LogP contribution in [-0.4, -0.2) is 18.3 Å². The highest BCUT2D eigenvalue weighted by Crippen LogP contribution is 2.08. The molecule has 2 nitrogen and oxygen atoms in total. The molecule has 13 heavy (non-hydrogen) atoms. The maximum absolute atomic E-state index is 8.46. The Morgan fingerprint density at radius 3 is 2.85 bits per heavy atom. The van der Waals surface area contributed by atoms with Crippen LogP contribution in [0.25, 0.3) is 6.08 Å². The third-order valence-electron chi connectivity index (χ3n) is 1.74. The quantitative estimate of drug-likeness (QED) is 0.564. The van der Waals surface area contributed by atoms with Crippen molar-refractivity contribution in [2.24, 2.45) is 0 Å². The zero-order valence-corrected chi connectivity index (χ0v) is 7.73. The minimum absolute atomic E-state index is 0.0537. The van der Waals surface area contributed by atoms with E-state index in [4.69, 9.17) is 9.84 Å². The van der Waals surface area contributed by atoms with Crippen LogP contribution in [0, 0.1) is 6.92 Å². The Bertz CT molecular complexity index is 279. The van der Waals surface area contributed by atoms with Crippen LogP contribution in [-0.2, 0) is 4.74 Å². The SMILES string of the molecule is Cc1ccccc1C=COCCO. The summed E-state index contributed by atoms with van der Waals surface area (Å²) in [6, 6.07) is 8.06. The van der Waals surface area contributed by atoms with Gasteiger partial charge in [-0.05, 0) is 24.1 Å². The molecule has 0 fully saturated rings. The van der Waals surface area contributed by atoms with Crippen molar-refractivity contribution in [3.63, 3.8) is 0 Å². The molecule has 0 spiro atoms. The molecule has 0 aliphatic heterocycles. The van der Waals surface area contributed by atoms with Crippen molar-refractivity contribution in [1.82, 2.24) is 0 Å². The highest BCUT2D eigenvalue weighted by molar-refractivity contribution is 5.52. The van der Waals surface area contributed by atoms with Crippen molar-refractivity contribution in [3.8, 4) is 0 Å². The molecule has 0 radical (unpaired) electrons. The Hall–Kier alpha value is -1.28. The minimum atomic E-state index is 0.0537. The topological polar surface area (TPSA) is 29.5 Å². The van der Waals surface area contributed by atoms with Gasteiger partial charge >= 0.3 is 0 Å². The number of aryl methyl sites for hydroxylation is 1. The van der Waals surface area contributed by atoms with E-state index in [0.717, 1.165) is 5.56 Å². The lowest BCUT2D eigenvalue weighted by molar-refractivity contribution is 0.167. The molecule has 1 N–H and O–H groups in total. The molecule has 0 heterocycles. The van der Waals surface area contributed by atoms with Crippen LogP contribution in [0.1, 0.15) is 11.1 Å². The van der Waals surface area contributed by atoms with Crippen LogP contribution in [0.2, 0.25) is 0 Å². The molecule has 70 valence electrons. The average Bonchev–Trinajstić information content (AvgIpc) is 2.15. The second-order valence-corrected chi connectivity index (χ2v) is 2.75. The lowest BCUT2D eigenvalue weighted by Crippen LogP contribution is -1.92. The van der Waals surface area contributed by atoms with Gasteiger partial charge in [-0.1, -0.05) is 24.3 Å². The average molecular weight is 178 g/mol. The summed E-state index contributed by atoms with van der Waals surface area (Å²) in [5.74, 6) is 0. The molecule has 0 saturated carbocycles. The molecule has 0 aliphatic carbocycles. The number of hydrogen-bond donors (Lipinski definition) is 1. The van der Waals surface area contributed by atoms with Crippen LogP contribution in [0.15, 0.2) is 30.5 Å². The summed E-state index contributed by atoms with van der Waals surface area (Å²) in [6.07, 6.45) is 3.50. The van der Waals surface area contributed by atoms with E-state index in [1.54, 1.807) is 6.26 Å². The van der Waals surface area contributed by atoms with E-state index in [1.807, 2.05) is 37.3 Å². The lowest BCUT2D eigenvalue weighted by atomic mass is 10.1. The summed E-state index contributed by atoms with van der Waals surface area (Å²) in [6.45, 7) is 2.45. The van der Waals surface area contributed by atoms with E-state index in [2.05, 4.69) is 0 Å². The van der Waals surface area contributed by atoms with Crippen molar-refractivity contribution >= 4 is 6.08 Å². The molecule has 2 heteroatoms. The molecule has 0 aliphatic rings. The minimum Gasteiger partial charge on any atom is -0.499 e. The monoisotopic (exact) mass is 178 g/mol. The van der Waals surface area contributed by atoms with Gasteiger partial charge in [0.25, 0.3) is 0 Å². The van der Waals surface area contributed by atoms with Crippen LogP contribution in [0.3, 0.4) is 0 Å². The molecular weight excluding hydrogens is 164 g/mol. The molecule has 0 amide bonds. The summed E-state index contributed by atoms with van der Waals surface area (Å²) in [7, 11) is 0. The van der Waals surface area contributed by atoms with Gasteiger partial charge in [0.2, 0.25) is 0 Å². The normalized spacial score (nSPS) is 10.6. The molecule has 1 aromatic carbocycles. The van der Waals surface area contributed by atoms with Gasteiger partial charge in [0.1, 0.15) is 6.61 Å². The molecule has 0 atom stereocenters. The van der Waals surface area contributed by atoms with Gasteiger partial charge in [-0.2, -0.15) is 0 Å². The van der Waals surface area contributed by atoms with E-state index < -0.39 is 0 Å². The summed E-state index contributed by atoms with van der Waals surface area (Å²) >= 11 is 0. The zero-order chi connectivity index (χ0) is 9.52. The second kappa shape index (κ2) is 5.38. The van der Waals surface area contributed by atoms with Gasteiger partial charge in [0, 0.05) is 0 Å². The van der Waals surface area contributed by atoms with E-state index in [9.17, 15) is 0 Å². The van der Waals surface area contributed by atoms with Crippen LogP contribution in [0.5, 0.6) is 0 Å². The highest BCUT2D eigenvalue weighted by atomic mass is 16.5. The van der Waals surface area contributed by atoms with E-state index in [0.29, 0.717) is 6.61 Å². The van der Waals surface area contributed by atoms with E-state index in [1.165, 1.54) is 5.56 Å². The molecule has 0 saturated heterocycles. The third kappa shape index (κ3) is 3.30. The largest absolute Gasteiger partial charge is 0.499 e. The molecule has 1 rings (SSSR count). The number of rotatable bonds is 4. The van der Waals surface area contributed by atoms with Gasteiger partial charge in [-0.3, -0.25) is 0 Å². The Labute approximate surface area is 78.5 Å². The van der Waals surface area contributed by atoms with Gasteiger partial charge in [-0.15, -0.1) is 0 Å². The van der Waals surface area contributed by atoms with E-state index in [-0.39, 0.29) is 6.61 Å².